The summed E-state index contributed by atoms with van der Waals surface area (Å²) >= 11 is 6.46. The molecule has 0 amide bonds. The van der Waals surface area contributed by atoms with E-state index in [0.717, 1.165) is 24.6 Å². The minimum Gasteiger partial charge on any atom is -0.508 e. The molecule has 9 nitrogen and oxygen atoms in total. The van der Waals surface area contributed by atoms with Crippen LogP contribution in [0.1, 0.15) is 29.9 Å². The summed E-state index contributed by atoms with van der Waals surface area (Å²) in [5, 5.41) is 10.8. The first-order chi connectivity index (χ1) is 17.8. The number of aromatic hydroxyl groups is 1. The third kappa shape index (κ3) is 4.08. The zero-order valence-electron chi connectivity index (χ0n) is 19.6. The van der Waals surface area contributed by atoms with Gasteiger partial charge in [-0.2, -0.15) is 9.97 Å². The van der Waals surface area contributed by atoms with Gasteiger partial charge in [0.2, 0.25) is 5.88 Å². The number of benzene rings is 1. The molecule has 12 heteroatoms. The van der Waals surface area contributed by atoms with Crippen molar-refractivity contribution in [2.24, 2.45) is 0 Å². The molecule has 37 heavy (non-hydrogen) atoms. The molecule has 1 aromatic carbocycles. The Labute approximate surface area is 214 Å². The number of nitrogens with zero attached hydrogens (tertiary/aromatic N) is 5. The number of ether oxygens (including phenoxy) is 2. The van der Waals surface area contributed by atoms with E-state index in [2.05, 4.69) is 19.9 Å². The van der Waals surface area contributed by atoms with Crippen LogP contribution in [0.4, 0.5) is 20.4 Å². The maximum atomic E-state index is 16.2. The van der Waals surface area contributed by atoms with Gasteiger partial charge in [0, 0.05) is 22.7 Å². The van der Waals surface area contributed by atoms with Crippen LogP contribution < -0.4 is 20.1 Å². The Kier molecular flexibility index (Phi) is 5.59. The van der Waals surface area contributed by atoms with Crippen LogP contribution in [0.3, 0.4) is 0 Å². The summed E-state index contributed by atoms with van der Waals surface area (Å²) in [5.74, 6) is -0.638. The van der Waals surface area contributed by atoms with Crippen molar-refractivity contribution < 1.29 is 23.4 Å². The predicted octanol–water partition coefficient (Wildman–Crippen LogP) is 4.59. The third-order valence-electron chi connectivity index (χ3n) is 6.48. The molecule has 4 heterocycles. The van der Waals surface area contributed by atoms with Crippen molar-refractivity contribution in [3.05, 3.63) is 52.2 Å². The number of rotatable bonds is 5. The summed E-state index contributed by atoms with van der Waals surface area (Å²) in [6.07, 6.45) is 2.85. The van der Waals surface area contributed by atoms with E-state index in [-0.39, 0.29) is 59.1 Å². The highest BCUT2D eigenvalue weighted by atomic mass is 35.5. The van der Waals surface area contributed by atoms with E-state index in [1.807, 2.05) is 0 Å². The van der Waals surface area contributed by atoms with Crippen LogP contribution in [0.15, 0.2) is 24.4 Å². The van der Waals surface area contributed by atoms with Gasteiger partial charge in [0.25, 0.3) is 0 Å². The van der Waals surface area contributed by atoms with Crippen molar-refractivity contribution >= 4 is 34.1 Å². The Balaban J connectivity index is 1.57. The summed E-state index contributed by atoms with van der Waals surface area (Å²) in [7, 11) is 1.38. The third-order valence-corrected chi connectivity index (χ3v) is 6.79. The average molecular weight is 527 g/mol. The first-order valence-electron chi connectivity index (χ1n) is 11.6. The standard InChI is InChI=1S/C25H21ClF2N6O3/c1-36-25-32-21-18-23(33-25)34(10-12-6-13(27)9-30-22(12)29)4-5-37-24(18)31-20(19(21)28)15-7-14(35)8-16(26)17(15)11-2-3-11/h6-9,11,35H,2-5,10H2,1H3,(H2,29,30). The first kappa shape index (κ1) is 23.4. The number of aromatic nitrogens is 4. The van der Waals surface area contributed by atoms with E-state index in [0.29, 0.717) is 28.5 Å². The highest BCUT2D eigenvalue weighted by molar-refractivity contribution is 6.32. The highest BCUT2D eigenvalue weighted by Gasteiger charge is 2.33. The Hall–Kier alpha value is -3.99. The average Bonchev–Trinajstić information content (AvgIpc) is 3.71. The van der Waals surface area contributed by atoms with E-state index < -0.39 is 11.6 Å². The van der Waals surface area contributed by atoms with Crippen LogP contribution in [-0.4, -0.2) is 45.3 Å². The molecule has 0 saturated heterocycles. The summed E-state index contributed by atoms with van der Waals surface area (Å²) < 4.78 is 41.4. The van der Waals surface area contributed by atoms with Crippen molar-refractivity contribution in [2.75, 3.05) is 30.9 Å². The first-order valence-corrected chi connectivity index (χ1v) is 12.0. The van der Waals surface area contributed by atoms with Crippen molar-refractivity contribution in [2.45, 2.75) is 25.3 Å². The van der Waals surface area contributed by atoms with E-state index in [4.69, 9.17) is 26.8 Å². The molecular weight excluding hydrogens is 506 g/mol. The van der Waals surface area contributed by atoms with Gasteiger partial charge in [-0.25, -0.2) is 18.7 Å². The van der Waals surface area contributed by atoms with Gasteiger partial charge >= 0.3 is 6.01 Å². The van der Waals surface area contributed by atoms with Gasteiger partial charge in [-0.3, -0.25) is 0 Å². The largest absolute Gasteiger partial charge is 0.508 e. The molecule has 6 rings (SSSR count). The molecule has 4 aromatic rings. The second kappa shape index (κ2) is 8.84. The predicted molar refractivity (Wildman–Crippen MR) is 133 cm³/mol. The Morgan fingerprint density at radius 1 is 1.22 bits per heavy atom. The summed E-state index contributed by atoms with van der Waals surface area (Å²) in [6.45, 7) is 0.612. The molecule has 1 fully saturated rings. The second-order valence-corrected chi connectivity index (χ2v) is 9.38. The number of phenolic OH excluding ortho intramolecular Hbond substituents is 1. The number of halogens is 3. The maximum Gasteiger partial charge on any atom is 0.318 e. The molecule has 1 aliphatic carbocycles. The number of methoxy groups -OCH3 is 1. The molecule has 1 aliphatic heterocycles. The molecule has 0 radical (unpaired) electrons. The van der Waals surface area contributed by atoms with Crippen LogP contribution >= 0.6 is 11.6 Å². The molecule has 1 saturated carbocycles. The van der Waals surface area contributed by atoms with Crippen molar-refractivity contribution in [1.29, 1.82) is 0 Å². The van der Waals surface area contributed by atoms with E-state index in [1.54, 1.807) is 4.90 Å². The van der Waals surface area contributed by atoms with Crippen LogP contribution in [0.5, 0.6) is 17.6 Å². The lowest BCUT2D eigenvalue weighted by Gasteiger charge is -2.23. The summed E-state index contributed by atoms with van der Waals surface area (Å²) in [6, 6.07) is 4.11. The van der Waals surface area contributed by atoms with E-state index in [9.17, 15) is 9.50 Å². The molecular formula is C25H21ClF2N6O3. The molecule has 0 bridgehead atoms. The Morgan fingerprint density at radius 3 is 2.78 bits per heavy atom. The van der Waals surface area contributed by atoms with Crippen molar-refractivity contribution in [3.63, 3.8) is 0 Å². The number of pyridine rings is 2. The number of nitrogen functional groups attached to an aromatic ring is 1. The number of hydrogen-bond acceptors (Lipinski definition) is 9. The smallest absolute Gasteiger partial charge is 0.318 e. The molecule has 0 unspecified atom stereocenters. The van der Waals surface area contributed by atoms with E-state index >= 15 is 4.39 Å². The number of anilines is 2. The molecule has 2 aliphatic rings. The SMILES string of the molecule is COc1nc2c3c(nc(-c4cc(O)cc(Cl)c4C4CC4)c(F)c3n1)OCCN2Cc1cc(F)cnc1N. The minimum absolute atomic E-state index is 0.0408. The number of phenols is 1. The quantitative estimate of drug-likeness (QED) is 0.384. The van der Waals surface area contributed by atoms with Crippen LogP contribution in [0.2, 0.25) is 5.02 Å². The molecule has 0 atom stereocenters. The maximum absolute atomic E-state index is 16.2. The van der Waals surface area contributed by atoms with Gasteiger partial charge in [-0.1, -0.05) is 11.6 Å². The Bertz CT molecular complexity index is 1570. The Morgan fingerprint density at radius 2 is 2.03 bits per heavy atom. The van der Waals surface area contributed by atoms with Gasteiger partial charge in [0.05, 0.1) is 19.9 Å². The van der Waals surface area contributed by atoms with Crippen molar-refractivity contribution in [1.82, 2.24) is 19.9 Å². The summed E-state index contributed by atoms with van der Waals surface area (Å²) in [4.78, 5) is 18.9. The monoisotopic (exact) mass is 526 g/mol. The van der Waals surface area contributed by atoms with Gasteiger partial charge < -0.3 is 25.2 Å². The number of hydrogen-bond donors (Lipinski definition) is 2. The van der Waals surface area contributed by atoms with Crippen LogP contribution in [0.25, 0.3) is 22.2 Å². The zero-order valence-corrected chi connectivity index (χ0v) is 20.4. The number of nitrogens with two attached hydrogens (primary N) is 1. The fraction of sp³-hybridized carbons (Fsp3) is 0.280. The fourth-order valence-electron chi connectivity index (χ4n) is 4.63. The van der Waals surface area contributed by atoms with E-state index in [1.165, 1.54) is 25.3 Å². The van der Waals surface area contributed by atoms with Gasteiger partial charge in [0.15, 0.2) is 5.82 Å². The highest BCUT2D eigenvalue weighted by Crippen LogP contribution is 2.50. The van der Waals surface area contributed by atoms with Crippen LogP contribution in [0, 0.1) is 11.6 Å². The normalized spacial score (nSPS) is 15.0. The molecule has 0 spiro atoms. The lowest BCUT2D eigenvalue weighted by Crippen LogP contribution is -2.28. The lowest BCUT2D eigenvalue weighted by atomic mass is 9.98. The van der Waals surface area contributed by atoms with Gasteiger partial charge in [-0.15, -0.1) is 0 Å². The zero-order chi connectivity index (χ0) is 25.8. The topological polar surface area (TPSA) is 120 Å². The molecule has 3 N–H and O–H groups in total. The van der Waals surface area contributed by atoms with Gasteiger partial charge in [0.1, 0.15) is 46.4 Å². The van der Waals surface area contributed by atoms with Crippen LogP contribution in [-0.2, 0) is 6.54 Å². The lowest BCUT2D eigenvalue weighted by molar-refractivity contribution is 0.319. The minimum atomic E-state index is -0.735. The summed E-state index contributed by atoms with van der Waals surface area (Å²) in [5.41, 5.74) is 7.40. The second-order valence-electron chi connectivity index (χ2n) is 8.97. The molecule has 3 aromatic heterocycles. The molecule has 190 valence electrons. The van der Waals surface area contributed by atoms with Crippen molar-refractivity contribution in [3.8, 4) is 28.9 Å². The van der Waals surface area contributed by atoms with Gasteiger partial charge in [-0.05, 0) is 42.5 Å². The fourth-order valence-corrected chi connectivity index (χ4v) is 5.00.